The molecule has 0 aromatic carbocycles. The van der Waals surface area contributed by atoms with Gasteiger partial charge in [0.05, 0.1) is 11.7 Å². The molecule has 17 heteroatoms. The number of amides is 3. The van der Waals surface area contributed by atoms with Crippen molar-refractivity contribution < 1.29 is 33.7 Å². The number of thiazole rings is 1. The number of fused-ring (bicyclic) bond motifs is 2. The van der Waals surface area contributed by atoms with Crippen LogP contribution in [0.3, 0.4) is 0 Å². The fourth-order valence-corrected chi connectivity index (χ4v) is 7.34. The Balaban J connectivity index is 1.34. The number of aliphatic carboxylic acids is 1. The van der Waals surface area contributed by atoms with Crippen molar-refractivity contribution >= 4 is 75.5 Å². The number of β-lactam (4-membered cyclic amide) rings is 1. The number of hydrogen-bond donors (Lipinski definition) is 3. The largest absolute Gasteiger partial charge is 0.543 e. The molecule has 0 saturated carbocycles. The number of nitrogens with zero attached hydrogens (tertiary/aromatic N) is 5. The molecule has 5 rings (SSSR count). The smallest absolute Gasteiger partial charge is 0.287 e. The minimum atomic E-state index is -1.46. The molecule has 0 aliphatic carbocycles. The number of thioether (sulfide) groups is 2. The van der Waals surface area contributed by atoms with E-state index in [2.05, 4.69) is 20.8 Å². The van der Waals surface area contributed by atoms with Crippen molar-refractivity contribution in [3.8, 4) is 0 Å². The molecule has 0 bridgehead atoms. The van der Waals surface area contributed by atoms with Gasteiger partial charge in [-0.05, 0) is 19.1 Å². The summed E-state index contributed by atoms with van der Waals surface area (Å²) < 4.78 is 3.87. The van der Waals surface area contributed by atoms with E-state index in [4.69, 9.17) is 10.6 Å². The number of hydrogen-bond acceptors (Lipinski definition) is 12. The van der Waals surface area contributed by atoms with Gasteiger partial charge in [-0.15, -0.1) is 23.1 Å². The molecule has 220 valence electrons. The van der Waals surface area contributed by atoms with E-state index in [0.29, 0.717) is 30.0 Å². The van der Waals surface area contributed by atoms with Crippen LogP contribution in [0.5, 0.6) is 0 Å². The van der Waals surface area contributed by atoms with Crippen molar-refractivity contribution in [2.45, 2.75) is 29.9 Å². The molecule has 3 amide bonds. The lowest BCUT2D eigenvalue weighted by Gasteiger charge is -2.50. The Hall–Kier alpha value is -4.09. The van der Waals surface area contributed by atoms with Crippen LogP contribution in [0.25, 0.3) is 5.65 Å². The van der Waals surface area contributed by atoms with Crippen molar-refractivity contribution in [3.05, 3.63) is 52.9 Å². The molecule has 1 fully saturated rings. The second kappa shape index (κ2) is 12.8. The quantitative estimate of drug-likeness (QED) is 0.0400. The highest BCUT2D eigenvalue weighted by Crippen LogP contribution is 2.40. The first-order valence-electron chi connectivity index (χ1n) is 12.7. The van der Waals surface area contributed by atoms with E-state index in [0.717, 1.165) is 22.0 Å². The van der Waals surface area contributed by atoms with E-state index >= 15 is 0 Å². The molecule has 0 radical (unpaired) electrons. The first-order valence-corrected chi connectivity index (χ1v) is 15.6. The van der Waals surface area contributed by atoms with Crippen LogP contribution in [0, 0.1) is 0 Å². The number of carbonyl (C=O) groups excluding carboxylic acids is 4. The molecule has 3 aromatic heterocycles. The Labute approximate surface area is 252 Å². The molecule has 0 unspecified atom stereocenters. The van der Waals surface area contributed by atoms with Crippen LogP contribution in [0.2, 0.25) is 0 Å². The number of nitrogens with one attached hydrogen (secondary N) is 2. The van der Waals surface area contributed by atoms with Crippen molar-refractivity contribution in [2.24, 2.45) is 5.16 Å². The van der Waals surface area contributed by atoms with E-state index in [1.165, 1.54) is 16.7 Å². The standard InChI is InChI=1S/C25H26N8O6S3/c1-2-39-30-18(15-12-42-25(26)28-15)21(35)29-19-22(36)33-20(24(37)38)14(11-41-23(19)33)10-31-7-8-32-16(31)4-3-5-17(32)40-9-6-27-13-34/h3-5,7-8,12-13,19,23H,2,6,9-11H2,1H3,(H4-,26,27,28,29,34,35,37,38)/b30-18-/t19-,23-/m1/s1. The minimum absolute atomic E-state index is 0.136. The average Bonchev–Trinajstić information content (AvgIpc) is 3.60. The molecule has 2 aliphatic rings. The average molecular weight is 631 g/mol. The third-order valence-corrected chi connectivity index (χ3v) is 9.44. The zero-order valence-corrected chi connectivity index (χ0v) is 24.7. The Morgan fingerprint density at radius 2 is 2.24 bits per heavy atom. The van der Waals surface area contributed by atoms with Gasteiger partial charge in [0, 0.05) is 35.1 Å². The lowest BCUT2D eigenvalue weighted by Crippen LogP contribution is -2.71. The minimum Gasteiger partial charge on any atom is -0.543 e. The molecule has 2 atom stereocenters. The predicted molar refractivity (Wildman–Crippen MR) is 154 cm³/mol. The highest BCUT2D eigenvalue weighted by molar-refractivity contribution is 8.00. The summed E-state index contributed by atoms with van der Waals surface area (Å²) in [5, 5.41) is 23.5. The number of aromatic nitrogens is 3. The van der Waals surface area contributed by atoms with Crippen molar-refractivity contribution in [2.75, 3.05) is 30.4 Å². The van der Waals surface area contributed by atoms with Crippen LogP contribution in [0.4, 0.5) is 5.13 Å². The highest BCUT2D eigenvalue weighted by atomic mass is 32.2. The number of carboxylic acids is 1. The normalized spacial score (nSPS) is 18.5. The Morgan fingerprint density at radius 3 is 2.95 bits per heavy atom. The summed E-state index contributed by atoms with van der Waals surface area (Å²) in [4.78, 5) is 59.4. The summed E-state index contributed by atoms with van der Waals surface area (Å²) in [5.74, 6) is -1.74. The van der Waals surface area contributed by atoms with Crippen LogP contribution in [0.15, 0.2) is 57.4 Å². The van der Waals surface area contributed by atoms with Crippen LogP contribution in [-0.4, -0.2) is 80.3 Å². The van der Waals surface area contributed by atoms with Gasteiger partial charge in [-0.3, -0.25) is 19.3 Å². The summed E-state index contributed by atoms with van der Waals surface area (Å²) in [5.41, 5.74) is 6.91. The zero-order chi connectivity index (χ0) is 29.8. The van der Waals surface area contributed by atoms with Crippen LogP contribution < -0.4 is 26.0 Å². The molecule has 42 heavy (non-hydrogen) atoms. The molecular formula is C25H26N8O6S3. The summed E-state index contributed by atoms with van der Waals surface area (Å²) in [7, 11) is 0. The second-order valence-electron chi connectivity index (χ2n) is 8.97. The second-order valence-corrected chi connectivity index (χ2v) is 12.1. The Bertz CT molecular complexity index is 1600. The SMILES string of the molecule is CCO/N=C(\C(=O)N[C@@H]1C(=O)N2C(C(=O)[O-])=C(C[n+]3ccn4c(SCCNC=O)cccc43)CS[C@H]12)c1csc(N)n1. The number of pyridine rings is 1. The summed E-state index contributed by atoms with van der Waals surface area (Å²) in [6.45, 7) is 2.66. The fourth-order valence-electron chi connectivity index (χ4n) is 4.56. The summed E-state index contributed by atoms with van der Waals surface area (Å²) in [6.07, 6.45) is 4.37. The van der Waals surface area contributed by atoms with Gasteiger partial charge >= 0.3 is 0 Å². The lowest BCUT2D eigenvalue weighted by atomic mass is 10.0. The van der Waals surface area contributed by atoms with E-state index in [-0.39, 0.29) is 35.4 Å². The third kappa shape index (κ3) is 5.79. The monoisotopic (exact) mass is 630 g/mol. The summed E-state index contributed by atoms with van der Waals surface area (Å²) >= 11 is 4.05. The zero-order valence-electron chi connectivity index (χ0n) is 22.2. The number of oxime groups is 1. The molecule has 1 saturated heterocycles. The number of rotatable bonds is 13. The van der Waals surface area contributed by atoms with E-state index < -0.39 is 29.2 Å². The Kier molecular flexibility index (Phi) is 8.98. The van der Waals surface area contributed by atoms with Crippen molar-refractivity contribution in [1.29, 1.82) is 0 Å². The maximum Gasteiger partial charge on any atom is 0.287 e. The number of anilines is 1. The number of nitrogens with two attached hydrogens (primary N) is 1. The number of carboxylic acid groups (broad SMARTS) is 1. The fraction of sp³-hybridized carbons (Fsp3) is 0.320. The highest BCUT2D eigenvalue weighted by Gasteiger charge is 2.53. The van der Waals surface area contributed by atoms with E-state index in [9.17, 15) is 24.3 Å². The van der Waals surface area contributed by atoms with Gasteiger partial charge in [-0.25, -0.2) is 9.55 Å². The van der Waals surface area contributed by atoms with E-state index in [1.54, 1.807) is 24.1 Å². The van der Waals surface area contributed by atoms with Gasteiger partial charge in [-0.1, -0.05) is 16.9 Å². The van der Waals surface area contributed by atoms with Gasteiger partial charge in [0.1, 0.15) is 42.7 Å². The van der Waals surface area contributed by atoms with Gasteiger partial charge in [0.15, 0.2) is 15.9 Å². The van der Waals surface area contributed by atoms with Gasteiger partial charge in [0.25, 0.3) is 17.5 Å². The third-order valence-electron chi connectivity index (χ3n) is 6.39. The topological polar surface area (TPSA) is 187 Å². The number of nitrogen functional groups attached to an aromatic ring is 1. The first kappa shape index (κ1) is 29.4. The van der Waals surface area contributed by atoms with E-state index in [1.807, 2.05) is 39.6 Å². The first-order chi connectivity index (χ1) is 20.3. The molecule has 14 nitrogen and oxygen atoms in total. The molecule has 0 spiro atoms. The number of carbonyl (C=O) groups is 4. The Morgan fingerprint density at radius 1 is 1.40 bits per heavy atom. The van der Waals surface area contributed by atoms with Gasteiger partial charge < -0.3 is 31.1 Å². The van der Waals surface area contributed by atoms with Crippen LogP contribution >= 0.6 is 34.9 Å². The van der Waals surface area contributed by atoms with Crippen molar-refractivity contribution in [3.63, 3.8) is 0 Å². The predicted octanol–water partition coefficient (Wildman–Crippen LogP) is -1.05. The molecule has 2 aliphatic heterocycles. The molecule has 4 N–H and O–H groups in total. The van der Waals surface area contributed by atoms with Crippen LogP contribution in [-0.2, 0) is 30.6 Å². The van der Waals surface area contributed by atoms with Gasteiger partial charge in [0.2, 0.25) is 6.41 Å². The maximum atomic E-state index is 13.2. The maximum absolute atomic E-state index is 13.2. The lowest BCUT2D eigenvalue weighted by molar-refractivity contribution is -0.662. The molecule has 5 heterocycles. The molecule has 3 aromatic rings. The van der Waals surface area contributed by atoms with Gasteiger partial charge in [-0.2, -0.15) is 4.40 Å². The summed E-state index contributed by atoms with van der Waals surface area (Å²) in [6, 6.07) is 4.79. The molecular weight excluding hydrogens is 605 g/mol. The van der Waals surface area contributed by atoms with Crippen LogP contribution in [0.1, 0.15) is 12.6 Å². The number of imidazole rings is 1. The van der Waals surface area contributed by atoms with Crippen molar-refractivity contribution in [1.82, 2.24) is 24.9 Å².